The molecule has 0 N–H and O–H groups in total. The number of methoxy groups -OCH3 is 2. The maximum atomic E-state index is 11.3. The molecule has 2 aromatic rings. The number of unbranched alkanes of at least 4 members (excludes halogenated alkanes) is 5. The van der Waals surface area contributed by atoms with Gasteiger partial charge in [-0.15, -0.1) is 0 Å². The van der Waals surface area contributed by atoms with E-state index >= 15 is 0 Å². The van der Waals surface area contributed by atoms with Gasteiger partial charge in [-0.1, -0.05) is 44.4 Å². The first-order valence-electron chi connectivity index (χ1n) is 11.9. The van der Waals surface area contributed by atoms with E-state index in [1.54, 1.807) is 33.3 Å². The van der Waals surface area contributed by atoms with E-state index in [0.717, 1.165) is 55.4 Å². The molecular weight excluding hydrogens is 442 g/mol. The Morgan fingerprint density at radius 2 is 1.54 bits per heavy atom. The molecule has 0 aromatic heterocycles. The number of allylic oxidation sites excluding steroid dienone is 1. The normalized spacial score (nSPS) is 10.9. The molecule has 0 heterocycles. The number of nitriles is 1. The van der Waals surface area contributed by atoms with E-state index in [9.17, 15) is 10.1 Å². The van der Waals surface area contributed by atoms with Crippen molar-refractivity contribution in [2.75, 3.05) is 27.4 Å². The van der Waals surface area contributed by atoms with E-state index in [1.807, 2.05) is 36.4 Å². The molecule has 0 fully saturated rings. The van der Waals surface area contributed by atoms with Gasteiger partial charge in [0.15, 0.2) is 11.5 Å². The van der Waals surface area contributed by atoms with Crippen LogP contribution in [0.1, 0.15) is 56.6 Å². The third kappa shape index (κ3) is 9.58. The summed E-state index contributed by atoms with van der Waals surface area (Å²) in [6.07, 6.45) is 8.11. The minimum atomic E-state index is -0.311. The molecule has 0 aliphatic heterocycles. The van der Waals surface area contributed by atoms with Crippen LogP contribution in [0.25, 0.3) is 11.6 Å². The first-order chi connectivity index (χ1) is 17.0. The lowest BCUT2D eigenvalue weighted by Gasteiger charge is -2.09. The molecule has 6 nitrogen and oxygen atoms in total. The van der Waals surface area contributed by atoms with Crippen LogP contribution in [0, 0.1) is 11.3 Å². The van der Waals surface area contributed by atoms with Crippen LogP contribution < -0.4 is 14.2 Å². The molecule has 0 aliphatic rings. The van der Waals surface area contributed by atoms with Crippen molar-refractivity contribution in [3.8, 4) is 23.3 Å². The molecule has 0 atom stereocenters. The predicted molar refractivity (Wildman–Crippen MR) is 138 cm³/mol. The number of hydrogen-bond acceptors (Lipinski definition) is 6. The van der Waals surface area contributed by atoms with Crippen molar-refractivity contribution < 1.29 is 23.7 Å². The molecule has 0 bridgehead atoms. The molecule has 0 saturated heterocycles. The summed E-state index contributed by atoms with van der Waals surface area (Å²) in [7, 11) is 3.15. The van der Waals surface area contributed by atoms with Crippen molar-refractivity contribution in [3.63, 3.8) is 0 Å². The van der Waals surface area contributed by atoms with E-state index < -0.39 is 0 Å². The Morgan fingerprint density at radius 3 is 2.14 bits per heavy atom. The van der Waals surface area contributed by atoms with E-state index in [1.165, 1.54) is 0 Å². The minimum Gasteiger partial charge on any atom is -0.494 e. The molecule has 0 radical (unpaired) electrons. The molecule has 0 saturated carbocycles. The summed E-state index contributed by atoms with van der Waals surface area (Å²) < 4.78 is 21.5. The van der Waals surface area contributed by atoms with Gasteiger partial charge in [0.25, 0.3) is 0 Å². The second-order valence-corrected chi connectivity index (χ2v) is 8.19. The molecule has 0 aliphatic carbocycles. The number of carbonyl (C=O) groups is 1. The summed E-state index contributed by atoms with van der Waals surface area (Å²) in [5.41, 5.74) is 2.65. The number of carbonyl (C=O) groups excluding carboxylic acids is 1. The van der Waals surface area contributed by atoms with Crippen LogP contribution in [0.4, 0.5) is 0 Å². The van der Waals surface area contributed by atoms with Gasteiger partial charge in [-0.3, -0.25) is 0 Å². The Balaban J connectivity index is 1.72. The molecule has 186 valence electrons. The highest BCUT2D eigenvalue weighted by Crippen LogP contribution is 2.31. The zero-order valence-electron chi connectivity index (χ0n) is 21.0. The van der Waals surface area contributed by atoms with Crippen LogP contribution in [0.3, 0.4) is 0 Å². The number of rotatable bonds is 15. The van der Waals surface area contributed by atoms with Gasteiger partial charge < -0.3 is 18.9 Å². The molecule has 0 spiro atoms. The fourth-order valence-corrected chi connectivity index (χ4v) is 3.40. The zero-order valence-corrected chi connectivity index (χ0v) is 21.0. The Labute approximate surface area is 208 Å². The molecule has 2 aromatic carbocycles. The first-order valence-corrected chi connectivity index (χ1v) is 11.9. The summed E-state index contributed by atoms with van der Waals surface area (Å²) in [6, 6.07) is 15.4. The summed E-state index contributed by atoms with van der Waals surface area (Å²) >= 11 is 0. The van der Waals surface area contributed by atoms with Gasteiger partial charge in [0, 0.05) is 5.57 Å². The van der Waals surface area contributed by atoms with Gasteiger partial charge in [-0.05, 0) is 67.3 Å². The lowest BCUT2D eigenvalue weighted by molar-refractivity contribution is -0.139. The molecule has 6 heteroatoms. The van der Waals surface area contributed by atoms with Gasteiger partial charge >= 0.3 is 5.97 Å². The van der Waals surface area contributed by atoms with Gasteiger partial charge in [-0.25, -0.2) is 4.79 Å². The number of esters is 1. The fourth-order valence-electron chi connectivity index (χ4n) is 3.40. The minimum absolute atomic E-state index is 0.311. The summed E-state index contributed by atoms with van der Waals surface area (Å²) in [4.78, 5) is 11.3. The lowest BCUT2D eigenvalue weighted by atomic mass is 10.0. The van der Waals surface area contributed by atoms with Crippen LogP contribution >= 0.6 is 0 Å². The molecule has 0 amide bonds. The average molecular weight is 478 g/mol. The van der Waals surface area contributed by atoms with Crippen LogP contribution in [0.2, 0.25) is 0 Å². The predicted octanol–water partition coefficient (Wildman–Crippen LogP) is 6.61. The van der Waals surface area contributed by atoms with Crippen LogP contribution in [0.5, 0.6) is 17.2 Å². The van der Waals surface area contributed by atoms with Gasteiger partial charge in [0.1, 0.15) is 5.75 Å². The maximum absolute atomic E-state index is 11.3. The van der Waals surface area contributed by atoms with Crippen LogP contribution in [0.15, 0.2) is 54.6 Å². The lowest BCUT2D eigenvalue weighted by Crippen LogP contribution is -2.06. The highest BCUT2D eigenvalue weighted by atomic mass is 16.5. The SMILES string of the molecule is C=C(C)C(=O)OCCCCCCCCOc1ccc(C=C(C#N)c2ccc(OC)c(OC)c2)cc1. The van der Waals surface area contributed by atoms with E-state index in [2.05, 4.69) is 12.6 Å². The standard InChI is InChI=1S/C29H35NO5/c1-22(2)29(31)35-18-10-8-6-5-7-9-17-34-26-14-11-23(12-15-26)19-25(21-30)24-13-16-27(32-3)28(20-24)33-4/h11-16,19-20H,1,5-10,17-18H2,2-4H3. The third-order valence-electron chi connectivity index (χ3n) is 5.40. The highest BCUT2D eigenvalue weighted by Gasteiger charge is 2.08. The second-order valence-electron chi connectivity index (χ2n) is 8.19. The van der Waals surface area contributed by atoms with Crippen molar-refractivity contribution in [1.29, 1.82) is 5.26 Å². The fraction of sp³-hybridized carbons (Fsp3) is 0.379. The topological polar surface area (TPSA) is 77.8 Å². The van der Waals surface area contributed by atoms with Crippen molar-refractivity contribution in [3.05, 3.63) is 65.7 Å². The van der Waals surface area contributed by atoms with E-state index in [-0.39, 0.29) is 5.97 Å². The van der Waals surface area contributed by atoms with Crippen molar-refractivity contribution in [1.82, 2.24) is 0 Å². The molecule has 2 rings (SSSR count). The second kappa shape index (κ2) is 15.2. The number of ether oxygens (including phenoxy) is 4. The third-order valence-corrected chi connectivity index (χ3v) is 5.40. The number of benzene rings is 2. The Hall–Kier alpha value is -3.72. The van der Waals surface area contributed by atoms with E-state index in [4.69, 9.17) is 18.9 Å². The Bertz CT molecular complexity index is 1030. The number of hydrogen-bond donors (Lipinski definition) is 0. The maximum Gasteiger partial charge on any atom is 0.333 e. The summed E-state index contributed by atoms with van der Waals surface area (Å²) in [5.74, 6) is 1.70. The summed E-state index contributed by atoms with van der Waals surface area (Å²) in [5, 5.41) is 9.64. The number of nitrogens with zero attached hydrogens (tertiary/aromatic N) is 1. The monoisotopic (exact) mass is 477 g/mol. The van der Waals surface area contributed by atoms with Gasteiger partial charge in [-0.2, -0.15) is 5.26 Å². The first kappa shape index (κ1) is 27.5. The Morgan fingerprint density at radius 1 is 0.914 bits per heavy atom. The van der Waals surface area contributed by atoms with Crippen LogP contribution in [-0.2, 0) is 9.53 Å². The largest absolute Gasteiger partial charge is 0.494 e. The van der Waals surface area contributed by atoms with Gasteiger partial charge in [0.05, 0.1) is 39.1 Å². The van der Waals surface area contributed by atoms with Crippen molar-refractivity contribution in [2.24, 2.45) is 0 Å². The van der Waals surface area contributed by atoms with Gasteiger partial charge in [0.2, 0.25) is 0 Å². The van der Waals surface area contributed by atoms with Crippen molar-refractivity contribution in [2.45, 2.75) is 45.4 Å². The van der Waals surface area contributed by atoms with Crippen molar-refractivity contribution >= 4 is 17.6 Å². The zero-order chi connectivity index (χ0) is 25.5. The molecule has 35 heavy (non-hydrogen) atoms. The highest BCUT2D eigenvalue weighted by molar-refractivity contribution is 5.90. The Kier molecular flexibility index (Phi) is 12.0. The molecular formula is C29H35NO5. The molecule has 0 unspecified atom stereocenters. The quantitative estimate of drug-likeness (QED) is 0.0945. The summed E-state index contributed by atoms with van der Waals surface area (Å²) in [6.45, 7) is 6.35. The van der Waals surface area contributed by atoms with E-state index in [0.29, 0.717) is 35.9 Å². The smallest absolute Gasteiger partial charge is 0.333 e. The average Bonchev–Trinajstić information content (AvgIpc) is 2.88. The van der Waals surface area contributed by atoms with Crippen LogP contribution in [-0.4, -0.2) is 33.4 Å².